The van der Waals surface area contributed by atoms with E-state index in [1.165, 1.54) is 20.1 Å². The average molecular weight is 303 g/mol. The monoisotopic (exact) mass is 303 g/mol. The molecule has 2 N–H and O–H groups in total. The number of unbranched alkanes of at least 4 members (excludes halogenated alkanes) is 2. The van der Waals surface area contributed by atoms with Gasteiger partial charge in [-0.3, -0.25) is 4.90 Å². The van der Waals surface area contributed by atoms with Crippen LogP contribution in [0.15, 0.2) is 0 Å². The van der Waals surface area contributed by atoms with E-state index in [9.17, 15) is 4.79 Å². The molecule has 1 fully saturated rings. The number of ether oxygens (including phenoxy) is 2. The van der Waals surface area contributed by atoms with Crippen molar-refractivity contribution in [2.75, 3.05) is 73.2 Å². The van der Waals surface area contributed by atoms with Gasteiger partial charge in [-0.2, -0.15) is 0 Å². The molecular weight excluding hydrogens is 270 g/mol. The quantitative estimate of drug-likeness (QED) is 0.435. The normalized spacial score (nSPS) is 16.3. The second kappa shape index (κ2) is 15.9. The topological polar surface area (TPSA) is 68.0 Å². The van der Waals surface area contributed by atoms with E-state index in [2.05, 4.69) is 22.6 Å². The van der Waals surface area contributed by atoms with E-state index >= 15 is 0 Å². The van der Waals surface area contributed by atoms with E-state index in [1.54, 1.807) is 0 Å². The van der Waals surface area contributed by atoms with Crippen molar-refractivity contribution in [3.8, 4) is 0 Å². The first-order chi connectivity index (χ1) is 10.3. The highest BCUT2D eigenvalue weighted by molar-refractivity contribution is 5.50. The molecule has 0 aromatic rings. The van der Waals surface area contributed by atoms with Gasteiger partial charge in [-0.25, -0.2) is 0 Å². The van der Waals surface area contributed by atoms with Gasteiger partial charge in [0.15, 0.2) is 0 Å². The Balaban J connectivity index is 0.00000191. The van der Waals surface area contributed by atoms with Gasteiger partial charge in [0.25, 0.3) is 0 Å². The number of carbonyl (C=O) groups excluding carboxylic acids is 1. The van der Waals surface area contributed by atoms with Crippen molar-refractivity contribution in [1.82, 2.24) is 9.80 Å². The number of piperazine rings is 1. The van der Waals surface area contributed by atoms with Crippen LogP contribution >= 0.6 is 0 Å². The highest BCUT2D eigenvalue weighted by atomic mass is 16.5. The lowest BCUT2D eigenvalue weighted by atomic mass is 10.2. The number of nitrogens with two attached hydrogens (primary N) is 1. The van der Waals surface area contributed by atoms with Crippen LogP contribution in [-0.4, -0.2) is 89.3 Å². The Kier molecular flexibility index (Phi) is 15.5. The Morgan fingerprint density at radius 3 is 2.19 bits per heavy atom. The molecular formula is C15H33N3O3. The van der Waals surface area contributed by atoms with Crippen LogP contribution < -0.4 is 5.73 Å². The Bertz CT molecular complexity index is 222. The number of carbonyl (C=O) groups is 1. The van der Waals surface area contributed by atoms with Crippen LogP contribution in [0.25, 0.3) is 0 Å². The fourth-order valence-corrected chi connectivity index (χ4v) is 2.08. The van der Waals surface area contributed by atoms with Crippen molar-refractivity contribution < 1.29 is 14.3 Å². The molecule has 0 aliphatic carbocycles. The standard InChI is InChI=1S/C14H28N2O3.CH5N/c1-15-5-7-16(8-6-15)9-13-18-11-3-2-4-12-19-14-10-17;1-2/h10H,2-9,11-14H2,1H3;2H2,1H3. The summed E-state index contributed by atoms with van der Waals surface area (Å²) in [5.74, 6) is 0. The molecule has 1 saturated heterocycles. The molecule has 6 heteroatoms. The van der Waals surface area contributed by atoms with Crippen molar-refractivity contribution in [3.05, 3.63) is 0 Å². The fourth-order valence-electron chi connectivity index (χ4n) is 2.08. The number of hydrogen-bond donors (Lipinski definition) is 1. The molecule has 0 atom stereocenters. The number of rotatable bonds is 11. The molecule has 21 heavy (non-hydrogen) atoms. The second-order valence-electron chi connectivity index (χ2n) is 5.06. The number of nitrogens with zero attached hydrogens (tertiary/aromatic N) is 2. The van der Waals surface area contributed by atoms with Gasteiger partial charge in [-0.05, 0) is 33.4 Å². The Labute approximate surface area is 129 Å². The van der Waals surface area contributed by atoms with Crippen molar-refractivity contribution in [2.24, 2.45) is 5.73 Å². The van der Waals surface area contributed by atoms with Gasteiger partial charge in [0, 0.05) is 45.9 Å². The van der Waals surface area contributed by atoms with Crippen LogP contribution in [0.3, 0.4) is 0 Å². The van der Waals surface area contributed by atoms with E-state index in [0.29, 0.717) is 6.61 Å². The molecule has 1 rings (SSSR count). The zero-order chi connectivity index (χ0) is 15.8. The van der Waals surface area contributed by atoms with Gasteiger partial charge in [-0.1, -0.05) is 0 Å². The van der Waals surface area contributed by atoms with E-state index in [0.717, 1.165) is 58.4 Å². The Morgan fingerprint density at radius 1 is 0.952 bits per heavy atom. The van der Waals surface area contributed by atoms with Gasteiger partial charge < -0.3 is 24.9 Å². The third-order valence-corrected chi connectivity index (χ3v) is 3.41. The smallest absolute Gasteiger partial charge is 0.145 e. The Hall–Kier alpha value is -0.530. The number of likely N-dealkylation sites (N-methyl/N-ethyl adjacent to an activating group) is 1. The first kappa shape index (κ1) is 20.5. The lowest BCUT2D eigenvalue weighted by molar-refractivity contribution is -0.111. The van der Waals surface area contributed by atoms with E-state index in [4.69, 9.17) is 9.47 Å². The van der Waals surface area contributed by atoms with Crippen LogP contribution in [0.2, 0.25) is 0 Å². The first-order valence-corrected chi connectivity index (χ1v) is 7.90. The average Bonchev–Trinajstić information content (AvgIpc) is 2.53. The van der Waals surface area contributed by atoms with E-state index in [1.807, 2.05) is 0 Å². The van der Waals surface area contributed by atoms with Gasteiger partial charge in [0.1, 0.15) is 12.9 Å². The predicted molar refractivity (Wildman–Crippen MR) is 85.6 cm³/mol. The molecule has 0 bridgehead atoms. The maximum Gasteiger partial charge on any atom is 0.145 e. The largest absolute Gasteiger partial charge is 0.380 e. The highest BCUT2D eigenvalue weighted by Gasteiger charge is 2.12. The summed E-state index contributed by atoms with van der Waals surface area (Å²) in [6.07, 6.45) is 3.98. The molecule has 0 unspecified atom stereocenters. The molecule has 0 aromatic heterocycles. The minimum absolute atomic E-state index is 0.224. The third kappa shape index (κ3) is 12.9. The summed E-state index contributed by atoms with van der Waals surface area (Å²) in [4.78, 5) is 14.8. The molecule has 0 aromatic carbocycles. The second-order valence-corrected chi connectivity index (χ2v) is 5.06. The van der Waals surface area contributed by atoms with Crippen LogP contribution in [-0.2, 0) is 14.3 Å². The zero-order valence-corrected chi connectivity index (χ0v) is 13.8. The maximum absolute atomic E-state index is 10.0. The SMILES string of the molecule is CN.CN1CCN(CCOCCCCCOCC=O)CC1. The summed E-state index contributed by atoms with van der Waals surface area (Å²) in [5, 5.41) is 0. The Morgan fingerprint density at radius 2 is 1.57 bits per heavy atom. The van der Waals surface area contributed by atoms with Crippen LogP contribution in [0.5, 0.6) is 0 Å². The fraction of sp³-hybridized carbons (Fsp3) is 0.933. The summed E-state index contributed by atoms with van der Waals surface area (Å²) < 4.78 is 10.7. The van der Waals surface area contributed by atoms with Gasteiger partial charge in [0.05, 0.1) is 6.61 Å². The summed E-state index contributed by atoms with van der Waals surface area (Å²) in [6, 6.07) is 0. The lowest BCUT2D eigenvalue weighted by Gasteiger charge is -2.32. The molecule has 0 saturated carbocycles. The summed E-state index contributed by atoms with van der Waals surface area (Å²) in [5.41, 5.74) is 4.50. The van der Waals surface area contributed by atoms with E-state index < -0.39 is 0 Å². The van der Waals surface area contributed by atoms with Crippen LogP contribution in [0, 0.1) is 0 Å². The van der Waals surface area contributed by atoms with Crippen molar-refractivity contribution >= 4 is 6.29 Å². The first-order valence-electron chi connectivity index (χ1n) is 7.90. The van der Waals surface area contributed by atoms with Crippen molar-refractivity contribution in [3.63, 3.8) is 0 Å². The van der Waals surface area contributed by atoms with Gasteiger partial charge in [0.2, 0.25) is 0 Å². The summed E-state index contributed by atoms with van der Waals surface area (Å²) in [6.45, 7) is 8.29. The lowest BCUT2D eigenvalue weighted by Crippen LogP contribution is -2.45. The van der Waals surface area contributed by atoms with Gasteiger partial charge >= 0.3 is 0 Å². The molecule has 126 valence electrons. The molecule has 0 spiro atoms. The molecule has 1 aliphatic rings. The maximum atomic E-state index is 10.0. The molecule has 0 amide bonds. The van der Waals surface area contributed by atoms with Gasteiger partial charge in [-0.15, -0.1) is 0 Å². The number of hydrogen-bond acceptors (Lipinski definition) is 6. The van der Waals surface area contributed by atoms with Crippen LogP contribution in [0.1, 0.15) is 19.3 Å². The van der Waals surface area contributed by atoms with Crippen LogP contribution in [0.4, 0.5) is 0 Å². The molecule has 1 heterocycles. The minimum Gasteiger partial charge on any atom is -0.380 e. The number of aldehydes is 1. The summed E-state index contributed by atoms with van der Waals surface area (Å²) >= 11 is 0. The van der Waals surface area contributed by atoms with Crippen molar-refractivity contribution in [1.29, 1.82) is 0 Å². The molecule has 1 aliphatic heterocycles. The van der Waals surface area contributed by atoms with E-state index in [-0.39, 0.29) is 6.61 Å². The highest BCUT2D eigenvalue weighted by Crippen LogP contribution is 2.00. The summed E-state index contributed by atoms with van der Waals surface area (Å²) in [7, 11) is 3.67. The zero-order valence-electron chi connectivity index (χ0n) is 13.8. The molecule has 6 nitrogen and oxygen atoms in total. The third-order valence-electron chi connectivity index (χ3n) is 3.41. The molecule has 0 radical (unpaired) electrons. The predicted octanol–water partition coefficient (Wildman–Crippen LogP) is 0.211. The van der Waals surface area contributed by atoms with Crippen molar-refractivity contribution in [2.45, 2.75) is 19.3 Å². The minimum atomic E-state index is 0.224.